The average Bonchev–Trinajstić information content (AvgIpc) is 3.24. The minimum Gasteiger partial charge on any atom is -0.378 e. The van der Waals surface area contributed by atoms with E-state index in [2.05, 4.69) is 49.2 Å². The fourth-order valence-corrected chi connectivity index (χ4v) is 3.94. The molecule has 0 saturated carbocycles. The molecule has 142 valence electrons. The van der Waals surface area contributed by atoms with Gasteiger partial charge in [0.1, 0.15) is 11.9 Å². The van der Waals surface area contributed by atoms with Gasteiger partial charge in [-0.15, -0.1) is 0 Å². The number of pyridine rings is 1. The van der Waals surface area contributed by atoms with Crippen molar-refractivity contribution in [2.24, 2.45) is 11.7 Å². The van der Waals surface area contributed by atoms with E-state index in [9.17, 15) is 4.79 Å². The van der Waals surface area contributed by atoms with Crippen LogP contribution in [-0.4, -0.2) is 39.6 Å². The number of hydrogen-bond acceptors (Lipinski definition) is 6. The highest BCUT2D eigenvalue weighted by molar-refractivity contribution is 9.10. The molecule has 0 spiro atoms. The van der Waals surface area contributed by atoms with Gasteiger partial charge in [-0.3, -0.25) is 4.79 Å². The van der Waals surface area contributed by atoms with Crippen molar-refractivity contribution in [3.63, 3.8) is 0 Å². The molecule has 1 amide bonds. The van der Waals surface area contributed by atoms with Crippen LogP contribution in [0.1, 0.15) is 22.8 Å². The number of nitrogens with one attached hydrogen (secondary N) is 1. The summed E-state index contributed by atoms with van der Waals surface area (Å²) in [4.78, 5) is 18.5. The zero-order valence-electron chi connectivity index (χ0n) is 15.1. The highest BCUT2D eigenvalue weighted by atomic mass is 79.9. The highest BCUT2D eigenvalue weighted by Gasteiger charge is 2.31. The number of nitrogens with zero attached hydrogens (tertiary/aromatic N) is 5. The normalized spacial score (nSPS) is 19.0. The molecule has 4 heterocycles. The van der Waals surface area contributed by atoms with Gasteiger partial charge in [0.25, 0.3) is 5.91 Å². The molecule has 3 N–H and O–H groups in total. The van der Waals surface area contributed by atoms with Gasteiger partial charge < -0.3 is 16.0 Å². The second kappa shape index (κ2) is 7.13. The van der Waals surface area contributed by atoms with E-state index in [1.54, 1.807) is 16.8 Å². The smallest absolute Gasteiger partial charge is 0.252 e. The van der Waals surface area contributed by atoms with Crippen molar-refractivity contribution in [2.45, 2.75) is 13.0 Å². The zero-order chi connectivity index (χ0) is 19.8. The van der Waals surface area contributed by atoms with E-state index in [1.165, 1.54) is 6.20 Å². The minimum atomic E-state index is -0.522. The topological polar surface area (TPSA) is 112 Å². The van der Waals surface area contributed by atoms with Crippen molar-refractivity contribution in [1.82, 2.24) is 14.6 Å². The first kappa shape index (κ1) is 18.3. The number of halogens is 1. The number of anilines is 2. The number of amides is 1. The number of aromatic nitrogens is 3. The largest absolute Gasteiger partial charge is 0.378 e. The molecule has 4 rings (SSSR count). The standard InChI is InChI=1S/C19H18BrN7O/c1-11-8-26(17-3-2-12(5-21)6-23-17)10-15(11)25-18-14(19(22)28)7-24-27-9-13(20)4-16(18)27/h2-4,6-7,9,11,15,25H,8,10H2,1H3,(H2,22,28). The summed E-state index contributed by atoms with van der Waals surface area (Å²) < 4.78 is 2.57. The molecule has 0 radical (unpaired) electrons. The van der Waals surface area contributed by atoms with E-state index in [0.29, 0.717) is 29.3 Å². The summed E-state index contributed by atoms with van der Waals surface area (Å²) in [5, 5.41) is 16.7. The van der Waals surface area contributed by atoms with Crippen LogP contribution in [0.5, 0.6) is 0 Å². The predicted octanol–water partition coefficient (Wildman–Crippen LogP) is 2.40. The van der Waals surface area contributed by atoms with Crippen LogP contribution in [0.15, 0.2) is 41.3 Å². The monoisotopic (exact) mass is 439 g/mol. The third-order valence-corrected chi connectivity index (χ3v) is 5.45. The zero-order valence-corrected chi connectivity index (χ0v) is 16.7. The van der Waals surface area contributed by atoms with Crippen LogP contribution >= 0.6 is 15.9 Å². The molecule has 28 heavy (non-hydrogen) atoms. The number of fused-ring (bicyclic) bond motifs is 1. The summed E-state index contributed by atoms with van der Waals surface area (Å²) in [5.41, 5.74) is 7.94. The van der Waals surface area contributed by atoms with E-state index in [-0.39, 0.29) is 6.04 Å². The molecule has 3 aromatic rings. The molecular formula is C19H18BrN7O. The molecule has 1 aliphatic rings. The van der Waals surface area contributed by atoms with Gasteiger partial charge in [-0.05, 0) is 40.0 Å². The summed E-state index contributed by atoms with van der Waals surface area (Å²) in [6.07, 6.45) is 4.90. The number of nitrogens with two attached hydrogens (primary N) is 1. The van der Waals surface area contributed by atoms with Gasteiger partial charge in [0.15, 0.2) is 0 Å². The lowest BCUT2D eigenvalue weighted by Gasteiger charge is -2.20. The lowest BCUT2D eigenvalue weighted by atomic mass is 10.1. The van der Waals surface area contributed by atoms with Gasteiger partial charge in [-0.1, -0.05) is 6.92 Å². The number of hydrogen-bond donors (Lipinski definition) is 2. The van der Waals surface area contributed by atoms with E-state index in [4.69, 9.17) is 11.0 Å². The van der Waals surface area contributed by atoms with Gasteiger partial charge in [0.2, 0.25) is 0 Å². The number of rotatable bonds is 4. The molecule has 9 heteroatoms. The quantitative estimate of drug-likeness (QED) is 0.645. The highest BCUT2D eigenvalue weighted by Crippen LogP contribution is 2.30. The number of primary amides is 1. The Hall–Kier alpha value is -3.12. The molecular weight excluding hydrogens is 422 g/mol. The summed E-state index contributed by atoms with van der Waals surface area (Å²) in [6.45, 7) is 3.68. The van der Waals surface area contributed by atoms with Crippen molar-refractivity contribution in [3.8, 4) is 6.07 Å². The summed E-state index contributed by atoms with van der Waals surface area (Å²) in [7, 11) is 0. The Morgan fingerprint density at radius 3 is 2.89 bits per heavy atom. The first-order valence-electron chi connectivity index (χ1n) is 8.80. The number of carbonyl (C=O) groups excluding carboxylic acids is 1. The Labute approximate surface area is 170 Å². The molecule has 0 aromatic carbocycles. The molecule has 1 saturated heterocycles. The van der Waals surface area contributed by atoms with Gasteiger partial charge in [-0.25, -0.2) is 9.50 Å². The lowest BCUT2D eigenvalue weighted by Crippen LogP contribution is -2.30. The SMILES string of the molecule is CC1CN(c2ccc(C#N)cn2)CC1Nc1c(C(N)=O)cnn2cc(Br)cc12. The van der Waals surface area contributed by atoms with Gasteiger partial charge in [0, 0.05) is 36.0 Å². The molecule has 1 aliphatic heterocycles. The summed E-state index contributed by atoms with van der Waals surface area (Å²) in [5.74, 6) is 0.617. The van der Waals surface area contributed by atoms with Crippen LogP contribution in [0.4, 0.5) is 11.5 Å². The molecule has 2 atom stereocenters. The van der Waals surface area contributed by atoms with Crippen molar-refractivity contribution in [1.29, 1.82) is 5.26 Å². The maximum absolute atomic E-state index is 11.9. The minimum absolute atomic E-state index is 0.0930. The van der Waals surface area contributed by atoms with Crippen molar-refractivity contribution < 1.29 is 4.79 Å². The van der Waals surface area contributed by atoms with Gasteiger partial charge in [-0.2, -0.15) is 10.4 Å². The fraction of sp³-hybridized carbons (Fsp3) is 0.263. The third-order valence-electron chi connectivity index (χ3n) is 5.01. The van der Waals surface area contributed by atoms with E-state index in [1.807, 2.05) is 18.3 Å². The molecule has 0 aliphatic carbocycles. The van der Waals surface area contributed by atoms with Crippen molar-refractivity contribution >= 4 is 38.9 Å². The second-order valence-electron chi connectivity index (χ2n) is 6.94. The summed E-state index contributed by atoms with van der Waals surface area (Å²) >= 11 is 3.45. The van der Waals surface area contributed by atoms with E-state index in [0.717, 1.165) is 22.4 Å². The van der Waals surface area contributed by atoms with Crippen LogP contribution in [0.3, 0.4) is 0 Å². The number of carbonyl (C=O) groups is 1. The Bertz CT molecular complexity index is 1090. The van der Waals surface area contributed by atoms with Gasteiger partial charge in [0.05, 0.1) is 28.5 Å². The third kappa shape index (κ3) is 3.27. The van der Waals surface area contributed by atoms with Crippen LogP contribution in [-0.2, 0) is 0 Å². The second-order valence-corrected chi connectivity index (χ2v) is 7.85. The van der Waals surface area contributed by atoms with Crippen LogP contribution < -0.4 is 16.0 Å². The van der Waals surface area contributed by atoms with Crippen molar-refractivity contribution in [3.05, 3.63) is 52.4 Å². The maximum Gasteiger partial charge on any atom is 0.252 e. The summed E-state index contributed by atoms with van der Waals surface area (Å²) in [6, 6.07) is 7.70. The lowest BCUT2D eigenvalue weighted by molar-refractivity contribution is 0.100. The predicted molar refractivity (Wildman–Crippen MR) is 109 cm³/mol. The fourth-order valence-electron chi connectivity index (χ4n) is 3.53. The Balaban J connectivity index is 1.63. The first-order valence-corrected chi connectivity index (χ1v) is 9.60. The molecule has 0 bridgehead atoms. The Kier molecular flexibility index (Phi) is 4.65. The maximum atomic E-state index is 11.9. The van der Waals surface area contributed by atoms with Crippen LogP contribution in [0, 0.1) is 17.2 Å². The molecule has 8 nitrogen and oxygen atoms in total. The van der Waals surface area contributed by atoms with Crippen LogP contribution in [0.25, 0.3) is 5.52 Å². The van der Waals surface area contributed by atoms with Gasteiger partial charge >= 0.3 is 0 Å². The Morgan fingerprint density at radius 2 is 2.21 bits per heavy atom. The molecule has 3 aromatic heterocycles. The molecule has 1 fully saturated rings. The van der Waals surface area contributed by atoms with Crippen molar-refractivity contribution in [2.75, 3.05) is 23.3 Å². The van der Waals surface area contributed by atoms with Crippen LogP contribution in [0.2, 0.25) is 0 Å². The first-order chi connectivity index (χ1) is 13.5. The van der Waals surface area contributed by atoms with E-state index >= 15 is 0 Å². The average molecular weight is 440 g/mol. The molecule has 2 unspecified atom stereocenters. The Morgan fingerprint density at radius 1 is 1.39 bits per heavy atom. The van der Waals surface area contributed by atoms with E-state index < -0.39 is 5.91 Å². The number of nitriles is 1.